The van der Waals surface area contributed by atoms with Gasteiger partial charge in [0.05, 0.1) is 19.8 Å². The van der Waals surface area contributed by atoms with Gasteiger partial charge in [-0.25, -0.2) is 0 Å². The molecule has 2 aliphatic heterocycles. The summed E-state index contributed by atoms with van der Waals surface area (Å²) in [6, 6.07) is 9.54. The first-order valence-corrected chi connectivity index (χ1v) is 10.6. The number of amides is 1. The third-order valence-corrected chi connectivity index (χ3v) is 4.76. The highest BCUT2D eigenvalue weighted by atomic mass is 16.5. The van der Waals surface area contributed by atoms with Gasteiger partial charge in [-0.2, -0.15) is 0 Å². The van der Waals surface area contributed by atoms with Crippen LogP contribution in [-0.2, 0) is 14.3 Å². The Bertz CT molecular complexity index is 711. The quantitative estimate of drug-likeness (QED) is 0.506. The maximum Gasteiger partial charge on any atom is 0.253 e. The van der Waals surface area contributed by atoms with E-state index in [1.54, 1.807) is 6.08 Å². The van der Waals surface area contributed by atoms with E-state index in [1.165, 1.54) is 0 Å². The van der Waals surface area contributed by atoms with Crippen LogP contribution in [0.25, 0.3) is 0 Å². The van der Waals surface area contributed by atoms with Gasteiger partial charge in [0, 0.05) is 32.7 Å². The van der Waals surface area contributed by atoms with Crippen molar-refractivity contribution in [3.63, 3.8) is 0 Å². The zero-order valence-corrected chi connectivity index (χ0v) is 18.2. The number of carbonyl (C=O) groups is 1. The molecule has 1 aromatic rings. The van der Waals surface area contributed by atoms with Crippen molar-refractivity contribution in [3.05, 3.63) is 67.0 Å². The second kappa shape index (κ2) is 13.0. The topological polar surface area (TPSA) is 51.2 Å². The van der Waals surface area contributed by atoms with Gasteiger partial charge in [0.25, 0.3) is 5.91 Å². The van der Waals surface area contributed by atoms with Gasteiger partial charge in [0.1, 0.15) is 17.6 Å². The lowest BCUT2D eigenvalue weighted by molar-refractivity contribution is -0.153. The van der Waals surface area contributed by atoms with E-state index >= 15 is 0 Å². The van der Waals surface area contributed by atoms with Gasteiger partial charge < -0.3 is 19.1 Å². The zero-order chi connectivity index (χ0) is 21.8. The van der Waals surface area contributed by atoms with E-state index in [2.05, 4.69) is 18.1 Å². The van der Waals surface area contributed by atoms with Crippen LogP contribution in [-0.4, -0.2) is 74.4 Å². The standard InChI is InChI=1S/C22H28N2O4.C2H6/c1-3-19(15-18(2)28-20-7-5-4-6-8-20)16-23-9-14-27-21(17-23)22(25)24-10-12-26-13-11-24;1-2/h3-8,15,21H,1-2,9-14,16-17H2;1-2H3/b19-15+;. The lowest BCUT2D eigenvalue weighted by Gasteiger charge is -2.36. The molecule has 0 radical (unpaired) electrons. The van der Waals surface area contributed by atoms with Crippen LogP contribution in [0.3, 0.4) is 0 Å². The molecule has 0 aliphatic carbocycles. The Hall–Kier alpha value is -2.41. The highest BCUT2D eigenvalue weighted by Gasteiger charge is 2.31. The summed E-state index contributed by atoms with van der Waals surface area (Å²) in [5.41, 5.74) is 0.986. The van der Waals surface area contributed by atoms with Crippen molar-refractivity contribution < 1.29 is 19.0 Å². The number of morpholine rings is 2. The Morgan fingerprint density at radius 2 is 1.87 bits per heavy atom. The maximum absolute atomic E-state index is 12.7. The predicted molar refractivity (Wildman–Crippen MR) is 119 cm³/mol. The number of nitrogens with zero attached hydrogens (tertiary/aromatic N) is 2. The molecule has 6 nitrogen and oxygen atoms in total. The summed E-state index contributed by atoms with van der Waals surface area (Å²) in [5.74, 6) is 1.35. The molecule has 0 aromatic heterocycles. The molecule has 1 amide bonds. The number of allylic oxidation sites excluding steroid dienone is 1. The second-order valence-electron chi connectivity index (χ2n) is 6.84. The van der Waals surface area contributed by atoms with E-state index in [4.69, 9.17) is 14.2 Å². The van der Waals surface area contributed by atoms with Crippen molar-refractivity contribution in [2.24, 2.45) is 0 Å². The van der Waals surface area contributed by atoms with Gasteiger partial charge >= 0.3 is 0 Å². The number of carbonyl (C=O) groups excluding carboxylic acids is 1. The van der Waals surface area contributed by atoms with Gasteiger partial charge in [-0.15, -0.1) is 0 Å². The number of rotatable bonds is 7. The minimum Gasteiger partial charge on any atom is -0.458 e. The average molecular weight is 415 g/mol. The third-order valence-electron chi connectivity index (χ3n) is 4.76. The molecule has 2 aliphatic rings. The number of para-hydroxylation sites is 1. The van der Waals surface area contributed by atoms with Gasteiger partial charge in [-0.1, -0.05) is 51.3 Å². The fourth-order valence-electron chi connectivity index (χ4n) is 3.29. The summed E-state index contributed by atoms with van der Waals surface area (Å²) in [4.78, 5) is 16.7. The molecule has 0 bridgehead atoms. The molecule has 3 rings (SSSR count). The van der Waals surface area contributed by atoms with Crippen LogP contribution in [0.15, 0.2) is 67.0 Å². The van der Waals surface area contributed by atoms with Crippen molar-refractivity contribution in [2.75, 3.05) is 52.5 Å². The lowest BCUT2D eigenvalue weighted by atomic mass is 10.1. The summed E-state index contributed by atoms with van der Waals surface area (Å²) in [6.45, 7) is 16.9. The largest absolute Gasteiger partial charge is 0.458 e. The molecule has 30 heavy (non-hydrogen) atoms. The highest BCUT2D eigenvalue weighted by Crippen LogP contribution is 2.16. The summed E-state index contributed by atoms with van der Waals surface area (Å²) in [5, 5.41) is 0. The smallest absolute Gasteiger partial charge is 0.253 e. The first-order chi connectivity index (χ1) is 14.7. The minimum absolute atomic E-state index is 0.0500. The molecule has 0 spiro atoms. The predicted octanol–water partition coefficient (Wildman–Crippen LogP) is 3.28. The molecule has 2 fully saturated rings. The van der Waals surface area contributed by atoms with Crippen LogP contribution in [0.2, 0.25) is 0 Å². The van der Waals surface area contributed by atoms with Crippen molar-refractivity contribution in [1.29, 1.82) is 0 Å². The average Bonchev–Trinajstić information content (AvgIpc) is 2.81. The van der Waals surface area contributed by atoms with Crippen molar-refractivity contribution in [3.8, 4) is 5.75 Å². The highest BCUT2D eigenvalue weighted by molar-refractivity contribution is 5.81. The minimum atomic E-state index is -0.429. The Morgan fingerprint density at radius 1 is 1.17 bits per heavy atom. The van der Waals surface area contributed by atoms with Crippen LogP contribution in [0, 0.1) is 0 Å². The Morgan fingerprint density at radius 3 is 2.53 bits per heavy atom. The summed E-state index contributed by atoms with van der Waals surface area (Å²) >= 11 is 0. The SMILES string of the molecule is C=C/C(=C\C(=C)Oc1ccccc1)CN1CCOC(C(=O)N2CCOCC2)C1.CC. The van der Waals surface area contributed by atoms with Crippen molar-refractivity contribution in [1.82, 2.24) is 9.80 Å². The molecule has 6 heteroatoms. The van der Waals surface area contributed by atoms with E-state index < -0.39 is 6.10 Å². The number of ether oxygens (including phenoxy) is 3. The van der Waals surface area contributed by atoms with Gasteiger partial charge in [-0.3, -0.25) is 9.69 Å². The zero-order valence-electron chi connectivity index (χ0n) is 18.2. The number of hydrogen-bond donors (Lipinski definition) is 0. The van der Waals surface area contributed by atoms with Crippen molar-refractivity contribution in [2.45, 2.75) is 20.0 Å². The van der Waals surface area contributed by atoms with E-state index in [-0.39, 0.29) is 5.91 Å². The molecule has 164 valence electrons. The van der Waals surface area contributed by atoms with Crippen LogP contribution in [0.5, 0.6) is 5.75 Å². The first-order valence-electron chi connectivity index (χ1n) is 10.6. The normalized spacial score (nSPS) is 20.0. The van der Waals surface area contributed by atoms with E-state index in [0.29, 0.717) is 51.8 Å². The number of hydrogen-bond acceptors (Lipinski definition) is 5. The Kier molecular flexibility index (Phi) is 10.3. The molecule has 2 heterocycles. The van der Waals surface area contributed by atoms with Crippen molar-refractivity contribution >= 4 is 5.91 Å². The van der Waals surface area contributed by atoms with Crippen LogP contribution < -0.4 is 4.74 Å². The number of benzene rings is 1. The molecule has 1 unspecified atom stereocenters. The van der Waals surface area contributed by atoms with Crippen LogP contribution >= 0.6 is 0 Å². The van der Waals surface area contributed by atoms with Crippen LogP contribution in [0.1, 0.15) is 13.8 Å². The van der Waals surface area contributed by atoms with Gasteiger partial charge in [0.2, 0.25) is 0 Å². The fraction of sp³-hybridized carbons (Fsp3) is 0.458. The summed E-state index contributed by atoms with van der Waals surface area (Å²) < 4.78 is 16.8. The maximum atomic E-state index is 12.7. The first kappa shape index (κ1) is 23.9. The molecule has 1 atom stereocenters. The monoisotopic (exact) mass is 414 g/mol. The summed E-state index contributed by atoms with van der Waals surface area (Å²) in [7, 11) is 0. The third kappa shape index (κ3) is 7.44. The van der Waals surface area contributed by atoms with E-state index in [0.717, 1.165) is 17.9 Å². The lowest BCUT2D eigenvalue weighted by Crippen LogP contribution is -2.53. The fourth-order valence-corrected chi connectivity index (χ4v) is 3.29. The molecule has 1 aromatic carbocycles. The van der Waals surface area contributed by atoms with Crippen LogP contribution in [0.4, 0.5) is 0 Å². The van der Waals surface area contributed by atoms with E-state index in [9.17, 15) is 4.79 Å². The van der Waals surface area contributed by atoms with Gasteiger partial charge in [0.15, 0.2) is 0 Å². The van der Waals surface area contributed by atoms with E-state index in [1.807, 2.05) is 55.2 Å². The van der Waals surface area contributed by atoms with Gasteiger partial charge in [-0.05, 0) is 23.8 Å². The molecular weight excluding hydrogens is 380 g/mol. The molecule has 0 saturated carbocycles. The second-order valence-corrected chi connectivity index (χ2v) is 6.84. The summed E-state index contributed by atoms with van der Waals surface area (Å²) in [6.07, 6.45) is 3.25. The Balaban J connectivity index is 0.00000155. The molecule has 0 N–H and O–H groups in total. The molecular formula is C24H34N2O4. The molecule has 2 saturated heterocycles. The Labute approximate surface area is 180 Å².